The number of phenols is 2. The maximum absolute atomic E-state index is 11.9. The Balaban J connectivity index is 1.64. The molecule has 0 unspecified atom stereocenters. The van der Waals surface area contributed by atoms with Gasteiger partial charge in [-0.15, -0.1) is 0 Å². The number of carbonyl (C=O) groups is 1. The molecule has 3 aromatic rings. The molecule has 0 saturated carbocycles. The van der Waals surface area contributed by atoms with E-state index in [0.717, 1.165) is 16.5 Å². The third kappa shape index (κ3) is 3.32. The number of aromatic hydroxyl groups is 2. The first kappa shape index (κ1) is 14.6. The van der Waals surface area contributed by atoms with Gasteiger partial charge in [0.2, 0.25) is 5.91 Å². The highest BCUT2D eigenvalue weighted by molar-refractivity contribution is 5.90. The summed E-state index contributed by atoms with van der Waals surface area (Å²) in [5, 5.41) is 23.6. The topological polar surface area (TPSA) is 97.7 Å². The number of nitrogens with one attached hydrogen (secondary N) is 2. The number of hydrogen-bond donors (Lipinski definition) is 4. The lowest BCUT2D eigenvalue weighted by molar-refractivity contribution is -0.120. The summed E-state index contributed by atoms with van der Waals surface area (Å²) in [6.07, 6.45) is 3.32. The van der Waals surface area contributed by atoms with E-state index < -0.39 is 0 Å². The van der Waals surface area contributed by atoms with Gasteiger partial charge in [0.15, 0.2) is 0 Å². The van der Waals surface area contributed by atoms with E-state index in [1.54, 1.807) is 6.20 Å². The number of H-pyrrole nitrogens is 1. The van der Waals surface area contributed by atoms with Crippen LogP contribution in [0, 0.1) is 0 Å². The molecule has 1 heterocycles. The molecular weight excluding hydrogens is 294 g/mol. The minimum absolute atomic E-state index is 0.0389. The van der Waals surface area contributed by atoms with Crippen LogP contribution in [-0.4, -0.2) is 27.3 Å². The molecule has 1 amide bonds. The molecule has 2 aromatic carbocycles. The number of carbonyl (C=O) groups excluding carboxylic acids is 1. The zero-order valence-electron chi connectivity index (χ0n) is 12.2. The smallest absolute Gasteiger partial charge is 0.244 e. The number of amides is 1. The fourth-order valence-electron chi connectivity index (χ4n) is 2.31. The summed E-state index contributed by atoms with van der Waals surface area (Å²) < 4.78 is 0. The molecular formula is C17H15N3O3. The van der Waals surface area contributed by atoms with E-state index >= 15 is 0 Å². The van der Waals surface area contributed by atoms with Gasteiger partial charge in [-0.2, -0.15) is 5.10 Å². The zero-order valence-corrected chi connectivity index (χ0v) is 12.2. The summed E-state index contributed by atoms with van der Waals surface area (Å²) >= 11 is 0. The van der Waals surface area contributed by atoms with Gasteiger partial charge in [-0.25, -0.2) is 5.43 Å². The number of phenolic OH excluding ortho intramolecular Hbond substituents is 2. The van der Waals surface area contributed by atoms with Crippen LogP contribution in [0.2, 0.25) is 0 Å². The van der Waals surface area contributed by atoms with Crippen LogP contribution in [0.1, 0.15) is 11.1 Å². The van der Waals surface area contributed by atoms with Gasteiger partial charge in [-0.1, -0.05) is 18.2 Å². The van der Waals surface area contributed by atoms with E-state index in [9.17, 15) is 15.0 Å². The number of nitrogens with zero attached hydrogens (tertiary/aromatic N) is 1. The van der Waals surface area contributed by atoms with Crippen molar-refractivity contribution >= 4 is 23.0 Å². The van der Waals surface area contributed by atoms with Crippen LogP contribution >= 0.6 is 0 Å². The lowest BCUT2D eigenvalue weighted by Crippen LogP contribution is -2.19. The Morgan fingerprint density at radius 2 is 2.04 bits per heavy atom. The van der Waals surface area contributed by atoms with Crippen LogP contribution in [0.3, 0.4) is 0 Å². The van der Waals surface area contributed by atoms with Crippen LogP contribution in [0.4, 0.5) is 0 Å². The molecule has 0 aliphatic carbocycles. The fraction of sp³-hybridized carbons (Fsp3) is 0.0588. The molecule has 0 fully saturated rings. The van der Waals surface area contributed by atoms with Crippen molar-refractivity contribution in [3.63, 3.8) is 0 Å². The summed E-state index contributed by atoms with van der Waals surface area (Å²) in [7, 11) is 0. The van der Waals surface area contributed by atoms with E-state index in [2.05, 4.69) is 15.5 Å². The number of hydrazone groups is 1. The van der Waals surface area contributed by atoms with Crippen molar-refractivity contribution in [3.8, 4) is 11.5 Å². The molecule has 0 aliphatic heterocycles. The molecule has 3 rings (SSSR count). The largest absolute Gasteiger partial charge is 0.508 e. The third-order valence-corrected chi connectivity index (χ3v) is 3.43. The molecule has 0 atom stereocenters. The van der Waals surface area contributed by atoms with E-state index in [-0.39, 0.29) is 23.8 Å². The average Bonchev–Trinajstić information content (AvgIpc) is 2.93. The van der Waals surface area contributed by atoms with Gasteiger partial charge >= 0.3 is 0 Å². The van der Waals surface area contributed by atoms with Gasteiger partial charge in [0.25, 0.3) is 0 Å². The van der Waals surface area contributed by atoms with Gasteiger partial charge in [0.05, 0.1) is 12.6 Å². The van der Waals surface area contributed by atoms with Crippen LogP contribution in [0.5, 0.6) is 11.5 Å². The highest BCUT2D eigenvalue weighted by Gasteiger charge is 2.07. The number of hydrogen-bond acceptors (Lipinski definition) is 4. The summed E-state index contributed by atoms with van der Waals surface area (Å²) in [5.74, 6) is -0.410. The van der Waals surface area contributed by atoms with Gasteiger partial charge in [0.1, 0.15) is 11.5 Å². The number of aromatic amines is 1. The second-order valence-corrected chi connectivity index (χ2v) is 5.07. The fourth-order valence-corrected chi connectivity index (χ4v) is 2.31. The van der Waals surface area contributed by atoms with Crippen molar-refractivity contribution in [1.82, 2.24) is 10.4 Å². The Labute approximate surface area is 132 Å². The number of benzene rings is 2. The second-order valence-electron chi connectivity index (χ2n) is 5.07. The van der Waals surface area contributed by atoms with E-state index in [0.29, 0.717) is 5.56 Å². The Kier molecular flexibility index (Phi) is 3.97. The first-order chi connectivity index (χ1) is 11.1. The molecule has 0 bridgehead atoms. The third-order valence-electron chi connectivity index (χ3n) is 3.43. The number of rotatable bonds is 4. The summed E-state index contributed by atoms with van der Waals surface area (Å²) in [4.78, 5) is 15.1. The van der Waals surface area contributed by atoms with Crippen molar-refractivity contribution in [3.05, 3.63) is 59.8 Å². The lowest BCUT2D eigenvalue weighted by atomic mass is 10.1. The highest BCUT2D eigenvalue weighted by atomic mass is 16.3. The van der Waals surface area contributed by atoms with Crippen molar-refractivity contribution in [2.24, 2.45) is 5.10 Å². The van der Waals surface area contributed by atoms with Crippen LogP contribution in [0.15, 0.2) is 53.8 Å². The molecule has 1 aromatic heterocycles. The van der Waals surface area contributed by atoms with Crippen LogP contribution in [0.25, 0.3) is 10.9 Å². The molecule has 116 valence electrons. The van der Waals surface area contributed by atoms with Crippen molar-refractivity contribution in [2.75, 3.05) is 0 Å². The van der Waals surface area contributed by atoms with Crippen molar-refractivity contribution in [2.45, 2.75) is 6.42 Å². The van der Waals surface area contributed by atoms with Gasteiger partial charge in [-0.3, -0.25) is 4.79 Å². The van der Waals surface area contributed by atoms with Gasteiger partial charge in [-0.05, 0) is 23.8 Å². The Hall–Kier alpha value is -3.28. The first-order valence-corrected chi connectivity index (χ1v) is 7.02. The van der Waals surface area contributed by atoms with Crippen LogP contribution in [-0.2, 0) is 11.2 Å². The maximum Gasteiger partial charge on any atom is 0.244 e. The Morgan fingerprint density at radius 1 is 1.22 bits per heavy atom. The molecule has 6 nitrogen and oxygen atoms in total. The minimum Gasteiger partial charge on any atom is -0.508 e. The van der Waals surface area contributed by atoms with E-state index in [4.69, 9.17) is 0 Å². The van der Waals surface area contributed by atoms with Crippen LogP contribution < -0.4 is 5.43 Å². The molecule has 0 aliphatic rings. The Bertz CT molecular complexity index is 884. The molecule has 4 N–H and O–H groups in total. The predicted octanol–water partition coefficient (Wildman–Crippen LogP) is 2.27. The average molecular weight is 309 g/mol. The van der Waals surface area contributed by atoms with Crippen molar-refractivity contribution in [1.29, 1.82) is 0 Å². The van der Waals surface area contributed by atoms with Gasteiger partial charge < -0.3 is 15.2 Å². The normalized spacial score (nSPS) is 11.1. The second kappa shape index (κ2) is 6.23. The highest BCUT2D eigenvalue weighted by Crippen LogP contribution is 2.21. The summed E-state index contributed by atoms with van der Waals surface area (Å²) in [5.41, 5.74) is 4.69. The lowest BCUT2D eigenvalue weighted by Gasteiger charge is -2.01. The monoisotopic (exact) mass is 309 g/mol. The van der Waals surface area contributed by atoms with E-state index in [1.807, 2.05) is 24.3 Å². The molecule has 0 saturated heterocycles. The number of fused-ring (bicyclic) bond motifs is 1. The molecule has 23 heavy (non-hydrogen) atoms. The number of para-hydroxylation sites is 1. The van der Waals surface area contributed by atoms with E-state index in [1.165, 1.54) is 24.4 Å². The summed E-state index contributed by atoms with van der Waals surface area (Å²) in [6.45, 7) is 0. The zero-order chi connectivity index (χ0) is 16.2. The molecule has 0 radical (unpaired) electrons. The SMILES string of the molecule is O=C(Cc1c[nH]c2ccccc12)NN=Cc1ccc(O)cc1O. The van der Waals surface area contributed by atoms with Crippen molar-refractivity contribution < 1.29 is 15.0 Å². The standard InChI is InChI=1S/C17H15N3O3/c21-13-6-5-11(16(22)8-13)10-19-20-17(23)7-12-9-18-15-4-2-1-3-14(12)15/h1-6,8-10,18,21-22H,7H2,(H,20,23). The first-order valence-electron chi connectivity index (χ1n) is 7.02. The quantitative estimate of drug-likeness (QED) is 0.439. The maximum atomic E-state index is 11.9. The predicted molar refractivity (Wildman–Crippen MR) is 87.5 cm³/mol. The summed E-state index contributed by atoms with van der Waals surface area (Å²) in [6, 6.07) is 11.9. The molecule has 6 heteroatoms. The number of aromatic nitrogens is 1. The van der Waals surface area contributed by atoms with Gasteiger partial charge in [0, 0.05) is 28.7 Å². The molecule has 0 spiro atoms. The minimum atomic E-state index is -0.260. The Morgan fingerprint density at radius 3 is 2.87 bits per heavy atom.